The van der Waals surface area contributed by atoms with E-state index in [0.29, 0.717) is 17.1 Å². The van der Waals surface area contributed by atoms with Gasteiger partial charge in [-0.3, -0.25) is 4.79 Å². The highest BCUT2D eigenvalue weighted by Crippen LogP contribution is 2.19. The van der Waals surface area contributed by atoms with Gasteiger partial charge in [-0.05, 0) is 48.9 Å². The molecule has 0 saturated carbocycles. The van der Waals surface area contributed by atoms with Crippen molar-refractivity contribution in [1.29, 1.82) is 0 Å². The average Bonchev–Trinajstić information content (AvgIpc) is 2.94. The lowest BCUT2D eigenvalue weighted by Gasteiger charge is -2.07. The molecule has 1 heterocycles. The molecule has 5 nitrogen and oxygen atoms in total. The van der Waals surface area contributed by atoms with E-state index in [2.05, 4.69) is 15.8 Å². The van der Waals surface area contributed by atoms with Crippen molar-refractivity contribution in [2.24, 2.45) is 0 Å². The SMILES string of the molecule is Cc1cc(Nc2ccc(NC(=O)Cc3cccc(F)c3)cc2)no1. The van der Waals surface area contributed by atoms with Crippen LogP contribution in [-0.4, -0.2) is 11.1 Å². The average molecular weight is 325 g/mol. The number of halogens is 1. The Morgan fingerprint density at radius 2 is 1.88 bits per heavy atom. The molecule has 0 aliphatic heterocycles. The third-order valence-electron chi connectivity index (χ3n) is 3.32. The summed E-state index contributed by atoms with van der Waals surface area (Å²) < 4.78 is 18.1. The second-order valence-corrected chi connectivity index (χ2v) is 5.38. The number of carbonyl (C=O) groups excluding carboxylic acids is 1. The largest absolute Gasteiger partial charge is 0.360 e. The second-order valence-electron chi connectivity index (χ2n) is 5.38. The van der Waals surface area contributed by atoms with E-state index in [0.717, 1.165) is 11.4 Å². The highest BCUT2D eigenvalue weighted by Gasteiger charge is 2.06. The van der Waals surface area contributed by atoms with E-state index in [1.54, 1.807) is 30.3 Å². The number of amides is 1. The fourth-order valence-corrected chi connectivity index (χ4v) is 2.25. The standard InChI is InChI=1S/C18H16FN3O2/c1-12-9-17(22-24-12)20-15-5-7-16(8-6-15)21-18(23)11-13-3-2-4-14(19)10-13/h2-10H,11H2,1H3,(H,20,22)(H,21,23). The van der Waals surface area contributed by atoms with Crippen molar-refractivity contribution in [3.8, 4) is 0 Å². The van der Waals surface area contributed by atoms with Gasteiger partial charge in [0.2, 0.25) is 5.91 Å². The summed E-state index contributed by atoms with van der Waals surface area (Å²) in [5.41, 5.74) is 2.12. The first-order valence-corrected chi connectivity index (χ1v) is 7.43. The van der Waals surface area contributed by atoms with E-state index < -0.39 is 0 Å². The van der Waals surface area contributed by atoms with Crippen LogP contribution >= 0.6 is 0 Å². The van der Waals surface area contributed by atoms with Gasteiger partial charge in [-0.1, -0.05) is 17.3 Å². The van der Waals surface area contributed by atoms with Crippen molar-refractivity contribution in [3.05, 3.63) is 71.7 Å². The summed E-state index contributed by atoms with van der Waals surface area (Å²) in [6, 6.07) is 15.0. The second kappa shape index (κ2) is 6.95. The maximum Gasteiger partial charge on any atom is 0.228 e. The van der Waals surface area contributed by atoms with Crippen molar-refractivity contribution >= 4 is 23.1 Å². The van der Waals surface area contributed by atoms with Crippen LogP contribution in [0.25, 0.3) is 0 Å². The van der Waals surface area contributed by atoms with Crippen molar-refractivity contribution in [2.75, 3.05) is 10.6 Å². The zero-order valence-corrected chi connectivity index (χ0v) is 13.0. The summed E-state index contributed by atoms with van der Waals surface area (Å²) in [6.45, 7) is 1.81. The van der Waals surface area contributed by atoms with E-state index >= 15 is 0 Å². The molecule has 122 valence electrons. The molecule has 0 aliphatic carbocycles. The van der Waals surface area contributed by atoms with Crippen LogP contribution in [0.1, 0.15) is 11.3 Å². The van der Waals surface area contributed by atoms with Gasteiger partial charge in [-0.2, -0.15) is 0 Å². The molecule has 3 rings (SSSR count). The van der Waals surface area contributed by atoms with Gasteiger partial charge in [0.1, 0.15) is 11.6 Å². The van der Waals surface area contributed by atoms with Gasteiger partial charge in [-0.15, -0.1) is 0 Å². The van der Waals surface area contributed by atoms with Crippen LogP contribution in [0, 0.1) is 12.7 Å². The minimum absolute atomic E-state index is 0.121. The Morgan fingerprint density at radius 1 is 1.12 bits per heavy atom. The van der Waals surface area contributed by atoms with Gasteiger partial charge in [0, 0.05) is 17.4 Å². The van der Waals surface area contributed by atoms with Gasteiger partial charge in [0.15, 0.2) is 5.82 Å². The van der Waals surface area contributed by atoms with E-state index in [1.165, 1.54) is 12.1 Å². The minimum Gasteiger partial charge on any atom is -0.360 e. The molecule has 0 fully saturated rings. The smallest absolute Gasteiger partial charge is 0.228 e. The Morgan fingerprint density at radius 3 is 2.54 bits per heavy atom. The number of aromatic nitrogens is 1. The van der Waals surface area contributed by atoms with Gasteiger partial charge in [-0.25, -0.2) is 4.39 Å². The van der Waals surface area contributed by atoms with E-state index in [9.17, 15) is 9.18 Å². The van der Waals surface area contributed by atoms with Gasteiger partial charge in [0.25, 0.3) is 0 Å². The summed E-state index contributed by atoms with van der Waals surface area (Å²) in [5, 5.41) is 9.72. The summed E-state index contributed by atoms with van der Waals surface area (Å²) in [5.74, 6) is 0.793. The fraction of sp³-hybridized carbons (Fsp3) is 0.111. The number of aryl methyl sites for hydroxylation is 1. The molecule has 1 aromatic heterocycles. The Hall–Kier alpha value is -3.15. The number of benzene rings is 2. The Bertz CT molecular complexity index is 843. The van der Waals surface area contributed by atoms with Crippen LogP contribution < -0.4 is 10.6 Å². The van der Waals surface area contributed by atoms with Crippen molar-refractivity contribution in [1.82, 2.24) is 5.16 Å². The minimum atomic E-state index is -0.348. The lowest BCUT2D eigenvalue weighted by molar-refractivity contribution is -0.115. The highest BCUT2D eigenvalue weighted by molar-refractivity contribution is 5.92. The van der Waals surface area contributed by atoms with Crippen LogP contribution in [0.3, 0.4) is 0 Å². The molecule has 24 heavy (non-hydrogen) atoms. The van der Waals surface area contributed by atoms with Crippen molar-refractivity contribution in [2.45, 2.75) is 13.3 Å². The van der Waals surface area contributed by atoms with Crippen molar-refractivity contribution < 1.29 is 13.7 Å². The molecular formula is C18H16FN3O2. The number of anilines is 3. The zero-order chi connectivity index (χ0) is 16.9. The molecule has 0 spiro atoms. The third kappa shape index (κ3) is 4.19. The number of rotatable bonds is 5. The fourth-order valence-electron chi connectivity index (χ4n) is 2.25. The predicted octanol–water partition coefficient (Wildman–Crippen LogP) is 4.05. The zero-order valence-electron chi connectivity index (χ0n) is 13.0. The quantitative estimate of drug-likeness (QED) is 0.743. The Kier molecular flexibility index (Phi) is 4.56. The number of nitrogens with zero attached hydrogens (tertiary/aromatic N) is 1. The lowest BCUT2D eigenvalue weighted by atomic mass is 10.1. The number of hydrogen-bond donors (Lipinski definition) is 2. The van der Waals surface area contributed by atoms with E-state index in [1.807, 2.05) is 19.1 Å². The molecule has 0 unspecified atom stereocenters. The molecule has 2 N–H and O–H groups in total. The molecule has 0 saturated heterocycles. The maximum atomic E-state index is 13.1. The first kappa shape index (κ1) is 15.7. The van der Waals surface area contributed by atoms with E-state index in [-0.39, 0.29) is 18.1 Å². The highest BCUT2D eigenvalue weighted by atomic mass is 19.1. The summed E-state index contributed by atoms with van der Waals surface area (Å²) in [6.07, 6.45) is 0.121. The monoisotopic (exact) mass is 325 g/mol. The van der Waals surface area contributed by atoms with Gasteiger partial charge in [0.05, 0.1) is 6.42 Å². The first-order chi connectivity index (χ1) is 11.6. The van der Waals surface area contributed by atoms with Crippen molar-refractivity contribution in [3.63, 3.8) is 0 Å². The molecule has 3 aromatic rings. The maximum absolute atomic E-state index is 13.1. The van der Waals surface area contributed by atoms with Crippen LogP contribution in [0.15, 0.2) is 59.1 Å². The predicted molar refractivity (Wildman–Crippen MR) is 89.7 cm³/mol. The molecule has 1 amide bonds. The summed E-state index contributed by atoms with van der Waals surface area (Å²) >= 11 is 0. The van der Waals surface area contributed by atoms with Crippen LogP contribution in [0.5, 0.6) is 0 Å². The van der Waals surface area contributed by atoms with E-state index in [4.69, 9.17) is 4.52 Å². The molecule has 0 bridgehead atoms. The van der Waals surface area contributed by atoms with Crippen LogP contribution in [0.4, 0.5) is 21.6 Å². The lowest BCUT2D eigenvalue weighted by Crippen LogP contribution is -2.14. The van der Waals surface area contributed by atoms with Crippen LogP contribution in [0.2, 0.25) is 0 Å². The van der Waals surface area contributed by atoms with Crippen LogP contribution in [-0.2, 0) is 11.2 Å². The van der Waals surface area contributed by atoms with Gasteiger partial charge >= 0.3 is 0 Å². The molecule has 0 aliphatic rings. The Balaban J connectivity index is 1.58. The molecule has 0 radical (unpaired) electrons. The normalized spacial score (nSPS) is 10.4. The molecule has 6 heteroatoms. The number of carbonyl (C=O) groups is 1. The molecule has 2 aromatic carbocycles. The third-order valence-corrected chi connectivity index (χ3v) is 3.32. The first-order valence-electron chi connectivity index (χ1n) is 7.43. The number of nitrogens with one attached hydrogen (secondary N) is 2. The number of hydrogen-bond acceptors (Lipinski definition) is 4. The Labute approximate surface area is 138 Å². The summed E-state index contributed by atoms with van der Waals surface area (Å²) in [7, 11) is 0. The molecular weight excluding hydrogens is 309 g/mol. The summed E-state index contributed by atoms with van der Waals surface area (Å²) in [4.78, 5) is 12.0. The molecule has 0 atom stereocenters. The topological polar surface area (TPSA) is 67.2 Å². The van der Waals surface area contributed by atoms with Gasteiger partial charge < -0.3 is 15.2 Å².